The van der Waals surface area contributed by atoms with Crippen molar-refractivity contribution in [3.8, 4) is 5.88 Å². The Morgan fingerprint density at radius 3 is 2.62 bits per heavy atom. The molecule has 1 aliphatic carbocycles. The highest BCUT2D eigenvalue weighted by Crippen LogP contribution is 2.47. The molecule has 2 heterocycles. The lowest BCUT2D eigenvalue weighted by atomic mass is 9.90. The van der Waals surface area contributed by atoms with Crippen LogP contribution in [0, 0.1) is 5.95 Å². The van der Waals surface area contributed by atoms with Crippen LogP contribution in [0.3, 0.4) is 0 Å². The molecule has 0 fully saturated rings. The Labute approximate surface area is 115 Å². The third-order valence-corrected chi connectivity index (χ3v) is 3.53. The third kappa shape index (κ3) is 2.05. The van der Waals surface area contributed by atoms with Crippen molar-refractivity contribution in [2.75, 3.05) is 0 Å². The summed E-state index contributed by atoms with van der Waals surface area (Å²) in [6, 6.07) is 2.63. The van der Waals surface area contributed by atoms with Crippen molar-refractivity contribution in [1.82, 2.24) is 4.57 Å². The van der Waals surface area contributed by atoms with E-state index in [1.807, 2.05) is 0 Å². The van der Waals surface area contributed by atoms with E-state index in [0.717, 1.165) is 0 Å². The van der Waals surface area contributed by atoms with Crippen molar-refractivity contribution >= 4 is 0 Å². The van der Waals surface area contributed by atoms with Gasteiger partial charge in [-0.1, -0.05) is 0 Å². The van der Waals surface area contributed by atoms with E-state index in [1.165, 1.54) is 18.4 Å². The fourth-order valence-electron chi connectivity index (χ4n) is 2.74. The molecule has 114 valence electrons. The van der Waals surface area contributed by atoms with Crippen molar-refractivity contribution in [2.45, 2.75) is 31.3 Å². The van der Waals surface area contributed by atoms with Crippen LogP contribution in [-0.4, -0.2) is 9.67 Å². The van der Waals surface area contributed by atoms with Gasteiger partial charge in [-0.25, -0.2) is 4.39 Å². The number of rotatable bonds is 1. The van der Waals surface area contributed by atoms with E-state index in [-0.39, 0.29) is 24.4 Å². The molecule has 0 saturated carbocycles. The lowest BCUT2D eigenvalue weighted by molar-refractivity contribution is -0.152. The van der Waals surface area contributed by atoms with Crippen LogP contribution in [-0.2, 0) is 18.5 Å². The highest BCUT2D eigenvalue weighted by atomic mass is 19.4. The molecule has 1 atom stereocenters. The van der Waals surface area contributed by atoms with E-state index >= 15 is 0 Å². The Balaban J connectivity index is 2.37. The minimum absolute atomic E-state index is 0.00919. The Morgan fingerprint density at radius 1 is 1.33 bits per heavy atom. The summed E-state index contributed by atoms with van der Waals surface area (Å²) in [6.07, 6.45) is -4.36. The molecule has 0 aromatic carbocycles. The zero-order valence-corrected chi connectivity index (χ0v) is 10.5. The summed E-state index contributed by atoms with van der Waals surface area (Å²) in [4.78, 5) is 0. The number of nitrogens with zero attached hydrogens (tertiary/aromatic N) is 1. The van der Waals surface area contributed by atoms with E-state index in [9.17, 15) is 27.1 Å². The Kier molecular flexibility index (Phi) is 2.91. The topological polar surface area (TPSA) is 38.3 Å². The number of halogens is 5. The largest absolute Gasteiger partial charge is 0.448 e. The number of fused-ring (bicyclic) bond motifs is 1. The molecule has 2 aromatic rings. The van der Waals surface area contributed by atoms with Gasteiger partial charge in [-0.15, -0.1) is 0 Å². The van der Waals surface area contributed by atoms with E-state index in [2.05, 4.69) is 0 Å². The summed E-state index contributed by atoms with van der Waals surface area (Å²) in [7, 11) is 0. The standard InChI is InChI=1S/C13H10F5NO2/c14-11-10(13(16,17)18)9-7(3-1-5-12(9,15)20)19(11)8-4-2-6-21-8/h2,4,6,20H,1,3,5H2. The summed E-state index contributed by atoms with van der Waals surface area (Å²) in [5, 5.41) is 9.63. The van der Waals surface area contributed by atoms with Crippen LogP contribution < -0.4 is 0 Å². The fourth-order valence-corrected chi connectivity index (χ4v) is 2.74. The summed E-state index contributed by atoms with van der Waals surface area (Å²) in [6.45, 7) is 0. The van der Waals surface area contributed by atoms with E-state index < -0.39 is 35.5 Å². The number of hydrogen-bond donors (Lipinski definition) is 1. The minimum Gasteiger partial charge on any atom is -0.448 e. The van der Waals surface area contributed by atoms with Crippen LogP contribution in [0.15, 0.2) is 22.8 Å². The number of furan rings is 1. The van der Waals surface area contributed by atoms with Crippen molar-refractivity contribution in [3.05, 3.63) is 41.2 Å². The first-order valence-corrected chi connectivity index (χ1v) is 6.19. The summed E-state index contributed by atoms with van der Waals surface area (Å²) >= 11 is 0. The van der Waals surface area contributed by atoms with Gasteiger partial charge >= 0.3 is 6.18 Å². The summed E-state index contributed by atoms with van der Waals surface area (Å²) in [5.41, 5.74) is -3.08. The number of alkyl halides is 4. The minimum atomic E-state index is -5.12. The molecule has 1 unspecified atom stereocenters. The van der Waals surface area contributed by atoms with Gasteiger partial charge in [0.15, 0.2) is 0 Å². The van der Waals surface area contributed by atoms with Crippen LogP contribution in [0.5, 0.6) is 0 Å². The first-order valence-electron chi connectivity index (χ1n) is 6.19. The average molecular weight is 307 g/mol. The van der Waals surface area contributed by atoms with Crippen molar-refractivity contribution < 1.29 is 31.5 Å². The Morgan fingerprint density at radius 2 is 2.05 bits per heavy atom. The zero-order valence-electron chi connectivity index (χ0n) is 10.5. The molecule has 21 heavy (non-hydrogen) atoms. The maximum atomic E-state index is 14.3. The van der Waals surface area contributed by atoms with Crippen molar-refractivity contribution in [3.63, 3.8) is 0 Å². The maximum absolute atomic E-state index is 14.3. The SMILES string of the molecule is OC1(F)CCCc2c1c(C(F)(F)F)c(F)n2-c1ccco1. The van der Waals surface area contributed by atoms with E-state index in [1.54, 1.807) is 0 Å². The average Bonchev–Trinajstić information content (AvgIpc) is 2.93. The van der Waals surface area contributed by atoms with E-state index in [4.69, 9.17) is 4.42 Å². The second-order valence-corrected chi connectivity index (χ2v) is 4.88. The molecule has 2 aromatic heterocycles. The first-order chi connectivity index (χ1) is 9.73. The normalized spacial score (nSPS) is 22.4. The molecule has 1 aliphatic rings. The van der Waals surface area contributed by atoms with Crippen LogP contribution >= 0.6 is 0 Å². The second kappa shape index (κ2) is 4.33. The summed E-state index contributed by atoms with van der Waals surface area (Å²) in [5.74, 6) is -5.09. The number of hydrogen-bond acceptors (Lipinski definition) is 2. The molecule has 0 radical (unpaired) electrons. The van der Waals surface area contributed by atoms with Gasteiger partial charge in [0.25, 0.3) is 0 Å². The van der Waals surface area contributed by atoms with Gasteiger partial charge in [-0.2, -0.15) is 17.6 Å². The molecular weight excluding hydrogens is 297 g/mol. The quantitative estimate of drug-likeness (QED) is 0.816. The predicted molar refractivity (Wildman–Crippen MR) is 60.9 cm³/mol. The van der Waals surface area contributed by atoms with Gasteiger partial charge in [0, 0.05) is 18.2 Å². The van der Waals surface area contributed by atoms with Crippen LogP contribution in [0.25, 0.3) is 5.88 Å². The zero-order chi connectivity index (χ0) is 15.4. The molecule has 3 nitrogen and oxygen atoms in total. The van der Waals surface area contributed by atoms with Gasteiger partial charge in [-0.05, 0) is 18.9 Å². The highest BCUT2D eigenvalue weighted by Gasteiger charge is 2.50. The first kappa shape index (κ1) is 14.1. The molecule has 8 heteroatoms. The monoisotopic (exact) mass is 307 g/mol. The van der Waals surface area contributed by atoms with Crippen molar-refractivity contribution in [2.24, 2.45) is 0 Å². The van der Waals surface area contributed by atoms with Crippen LogP contribution in [0.2, 0.25) is 0 Å². The second-order valence-electron chi connectivity index (χ2n) is 4.88. The van der Waals surface area contributed by atoms with Gasteiger partial charge in [0.1, 0.15) is 5.56 Å². The van der Waals surface area contributed by atoms with E-state index in [0.29, 0.717) is 4.57 Å². The highest BCUT2D eigenvalue weighted by molar-refractivity contribution is 5.45. The lowest BCUT2D eigenvalue weighted by Gasteiger charge is -2.26. The van der Waals surface area contributed by atoms with Crippen LogP contribution in [0.1, 0.15) is 29.7 Å². The molecular formula is C13H10F5NO2. The smallest absolute Gasteiger partial charge is 0.421 e. The lowest BCUT2D eigenvalue weighted by Crippen LogP contribution is -2.28. The molecule has 3 rings (SSSR count). The fraction of sp³-hybridized carbons (Fsp3) is 0.385. The van der Waals surface area contributed by atoms with Gasteiger partial charge in [-0.3, -0.25) is 4.57 Å². The number of aliphatic hydroxyl groups is 1. The van der Waals surface area contributed by atoms with Crippen LogP contribution in [0.4, 0.5) is 22.0 Å². The Bertz CT molecular complexity index is 670. The molecule has 0 bridgehead atoms. The third-order valence-electron chi connectivity index (χ3n) is 3.53. The van der Waals surface area contributed by atoms with Gasteiger partial charge < -0.3 is 9.52 Å². The summed E-state index contributed by atoms with van der Waals surface area (Å²) < 4.78 is 73.1. The molecule has 0 saturated heterocycles. The van der Waals surface area contributed by atoms with Crippen molar-refractivity contribution in [1.29, 1.82) is 0 Å². The Hall–Kier alpha value is -1.83. The molecule has 0 amide bonds. The maximum Gasteiger partial charge on any atom is 0.421 e. The molecule has 0 spiro atoms. The van der Waals surface area contributed by atoms with Gasteiger partial charge in [0.2, 0.25) is 17.7 Å². The predicted octanol–water partition coefficient (Wildman–Crippen LogP) is 3.68. The molecule has 0 aliphatic heterocycles. The number of aromatic nitrogens is 1. The van der Waals surface area contributed by atoms with Gasteiger partial charge in [0.05, 0.1) is 11.8 Å². The molecule has 1 N–H and O–H groups in total.